The molecule has 0 bridgehead atoms. The summed E-state index contributed by atoms with van der Waals surface area (Å²) in [6.07, 6.45) is 0. The molecule has 1 aromatic carbocycles. The summed E-state index contributed by atoms with van der Waals surface area (Å²) in [6, 6.07) is 4.37. The standard InChI is InChI=1S/C12H17NO4/c1-13(2)11(12(14)15)8-5-9(16-3)7-10(6-8)17-4/h5-7,11H,1-4H3,(H,14,15). The van der Waals surface area contributed by atoms with Crippen molar-refractivity contribution in [3.63, 3.8) is 0 Å². The second-order valence-corrected chi connectivity index (χ2v) is 3.85. The number of aliphatic carboxylic acids is 1. The normalized spacial score (nSPS) is 12.3. The van der Waals surface area contributed by atoms with E-state index in [0.717, 1.165) is 0 Å². The number of benzene rings is 1. The van der Waals surface area contributed by atoms with Gasteiger partial charge >= 0.3 is 5.97 Å². The fourth-order valence-corrected chi connectivity index (χ4v) is 1.65. The van der Waals surface area contributed by atoms with Gasteiger partial charge in [0.2, 0.25) is 0 Å². The van der Waals surface area contributed by atoms with Crippen molar-refractivity contribution in [3.05, 3.63) is 23.8 Å². The van der Waals surface area contributed by atoms with Gasteiger partial charge in [-0.25, -0.2) is 0 Å². The maximum absolute atomic E-state index is 11.2. The van der Waals surface area contributed by atoms with E-state index in [1.807, 2.05) is 0 Å². The Morgan fingerprint density at radius 1 is 1.18 bits per heavy atom. The largest absolute Gasteiger partial charge is 0.497 e. The van der Waals surface area contributed by atoms with E-state index in [0.29, 0.717) is 17.1 Å². The van der Waals surface area contributed by atoms with Gasteiger partial charge in [0.05, 0.1) is 14.2 Å². The molecule has 1 rings (SSSR count). The molecule has 0 fully saturated rings. The fraction of sp³-hybridized carbons (Fsp3) is 0.417. The van der Waals surface area contributed by atoms with Crippen LogP contribution in [-0.4, -0.2) is 44.3 Å². The molecule has 0 radical (unpaired) electrons. The third kappa shape index (κ3) is 3.10. The van der Waals surface area contributed by atoms with Crippen LogP contribution in [0.15, 0.2) is 18.2 Å². The smallest absolute Gasteiger partial charge is 0.325 e. The Hall–Kier alpha value is -1.75. The summed E-state index contributed by atoms with van der Waals surface area (Å²) >= 11 is 0. The third-order valence-electron chi connectivity index (χ3n) is 2.44. The van der Waals surface area contributed by atoms with Crippen LogP contribution in [-0.2, 0) is 4.79 Å². The highest BCUT2D eigenvalue weighted by molar-refractivity contribution is 5.76. The van der Waals surface area contributed by atoms with E-state index in [9.17, 15) is 9.90 Å². The van der Waals surface area contributed by atoms with E-state index in [1.165, 1.54) is 14.2 Å². The molecule has 0 spiro atoms. The Labute approximate surface area is 101 Å². The molecule has 94 valence electrons. The van der Waals surface area contributed by atoms with Gasteiger partial charge in [-0.1, -0.05) is 0 Å². The molecule has 0 aliphatic carbocycles. The lowest BCUT2D eigenvalue weighted by Crippen LogP contribution is -2.27. The molecule has 17 heavy (non-hydrogen) atoms. The van der Waals surface area contributed by atoms with Crippen LogP contribution < -0.4 is 9.47 Å². The molecular weight excluding hydrogens is 222 g/mol. The first kappa shape index (κ1) is 13.3. The molecule has 0 saturated carbocycles. The van der Waals surface area contributed by atoms with E-state index >= 15 is 0 Å². The van der Waals surface area contributed by atoms with E-state index in [4.69, 9.17) is 9.47 Å². The molecule has 0 aliphatic rings. The molecule has 0 amide bonds. The van der Waals surface area contributed by atoms with Crippen molar-refractivity contribution in [3.8, 4) is 11.5 Å². The zero-order chi connectivity index (χ0) is 13.0. The van der Waals surface area contributed by atoms with E-state index in [2.05, 4.69) is 0 Å². The lowest BCUT2D eigenvalue weighted by atomic mass is 10.1. The van der Waals surface area contributed by atoms with Gasteiger partial charge < -0.3 is 14.6 Å². The topological polar surface area (TPSA) is 59.0 Å². The van der Waals surface area contributed by atoms with E-state index < -0.39 is 12.0 Å². The lowest BCUT2D eigenvalue weighted by molar-refractivity contribution is -0.142. The minimum atomic E-state index is -0.912. The van der Waals surface area contributed by atoms with Crippen LogP contribution in [0.5, 0.6) is 11.5 Å². The minimum absolute atomic E-state index is 0.576. The molecule has 0 aliphatic heterocycles. The van der Waals surface area contributed by atoms with Crippen LogP contribution in [0, 0.1) is 0 Å². The zero-order valence-corrected chi connectivity index (χ0v) is 10.4. The second kappa shape index (κ2) is 5.54. The predicted octanol–water partition coefficient (Wildman–Crippen LogP) is 1.39. The molecule has 1 N–H and O–H groups in total. The maximum Gasteiger partial charge on any atom is 0.325 e. The van der Waals surface area contributed by atoms with Crippen LogP contribution >= 0.6 is 0 Å². The van der Waals surface area contributed by atoms with Gasteiger partial charge in [-0.05, 0) is 31.8 Å². The van der Waals surface area contributed by atoms with Gasteiger partial charge in [-0.15, -0.1) is 0 Å². The molecule has 5 nitrogen and oxygen atoms in total. The van der Waals surface area contributed by atoms with Crippen LogP contribution in [0.25, 0.3) is 0 Å². The Morgan fingerprint density at radius 3 is 1.94 bits per heavy atom. The van der Waals surface area contributed by atoms with E-state index in [1.54, 1.807) is 37.2 Å². The van der Waals surface area contributed by atoms with Crippen molar-refractivity contribution >= 4 is 5.97 Å². The van der Waals surface area contributed by atoms with Crippen molar-refractivity contribution < 1.29 is 19.4 Å². The summed E-state index contributed by atoms with van der Waals surface area (Å²) in [7, 11) is 6.49. The second-order valence-electron chi connectivity index (χ2n) is 3.85. The van der Waals surface area contributed by atoms with Crippen molar-refractivity contribution in [1.82, 2.24) is 4.90 Å². The summed E-state index contributed by atoms with van der Waals surface area (Å²) < 4.78 is 10.2. The predicted molar refractivity (Wildman–Crippen MR) is 63.6 cm³/mol. The lowest BCUT2D eigenvalue weighted by Gasteiger charge is -2.21. The van der Waals surface area contributed by atoms with Crippen LogP contribution in [0.2, 0.25) is 0 Å². The number of likely N-dealkylation sites (N-methyl/N-ethyl adjacent to an activating group) is 1. The summed E-state index contributed by atoms with van der Waals surface area (Å²) in [6.45, 7) is 0. The monoisotopic (exact) mass is 239 g/mol. The number of hydrogen-bond acceptors (Lipinski definition) is 4. The molecule has 1 aromatic rings. The SMILES string of the molecule is COc1cc(OC)cc(C(C(=O)O)N(C)C)c1. The number of methoxy groups -OCH3 is 2. The van der Waals surface area contributed by atoms with Gasteiger partial charge in [0, 0.05) is 6.07 Å². The Bertz CT molecular complexity index is 381. The highest BCUT2D eigenvalue weighted by atomic mass is 16.5. The third-order valence-corrected chi connectivity index (χ3v) is 2.44. The minimum Gasteiger partial charge on any atom is -0.497 e. The maximum atomic E-state index is 11.2. The molecule has 1 unspecified atom stereocenters. The number of ether oxygens (including phenoxy) is 2. The Kier molecular flexibility index (Phi) is 4.34. The van der Waals surface area contributed by atoms with Gasteiger partial charge in [-0.2, -0.15) is 0 Å². The average Bonchev–Trinajstić information content (AvgIpc) is 2.27. The number of rotatable bonds is 5. The van der Waals surface area contributed by atoms with Crippen LogP contribution in [0.3, 0.4) is 0 Å². The Balaban J connectivity index is 3.22. The molecule has 0 aromatic heterocycles. The van der Waals surface area contributed by atoms with Gasteiger partial charge in [-0.3, -0.25) is 9.69 Å². The van der Waals surface area contributed by atoms with Gasteiger partial charge in [0.1, 0.15) is 17.5 Å². The number of nitrogens with zero attached hydrogens (tertiary/aromatic N) is 1. The summed E-state index contributed by atoms with van der Waals surface area (Å²) in [5, 5.41) is 9.20. The van der Waals surface area contributed by atoms with Crippen LogP contribution in [0.1, 0.15) is 11.6 Å². The van der Waals surface area contributed by atoms with Gasteiger partial charge in [0.25, 0.3) is 0 Å². The molecule has 0 saturated heterocycles. The van der Waals surface area contributed by atoms with Crippen molar-refractivity contribution in [2.45, 2.75) is 6.04 Å². The van der Waals surface area contributed by atoms with Crippen LogP contribution in [0.4, 0.5) is 0 Å². The summed E-state index contributed by atoms with van der Waals surface area (Å²) in [5.74, 6) is 0.241. The fourth-order valence-electron chi connectivity index (χ4n) is 1.65. The highest BCUT2D eigenvalue weighted by Crippen LogP contribution is 2.28. The zero-order valence-electron chi connectivity index (χ0n) is 10.4. The first-order valence-electron chi connectivity index (χ1n) is 5.11. The molecule has 5 heteroatoms. The van der Waals surface area contributed by atoms with E-state index in [-0.39, 0.29) is 0 Å². The first-order valence-corrected chi connectivity index (χ1v) is 5.11. The van der Waals surface area contributed by atoms with Crippen molar-refractivity contribution in [2.24, 2.45) is 0 Å². The molecule has 1 atom stereocenters. The highest BCUT2D eigenvalue weighted by Gasteiger charge is 2.23. The molecular formula is C12H17NO4. The average molecular weight is 239 g/mol. The number of carboxylic acid groups (broad SMARTS) is 1. The summed E-state index contributed by atoms with van der Waals surface area (Å²) in [4.78, 5) is 12.8. The number of carbonyl (C=O) groups is 1. The van der Waals surface area contributed by atoms with Crippen molar-refractivity contribution in [2.75, 3.05) is 28.3 Å². The first-order chi connectivity index (χ1) is 7.99. The van der Waals surface area contributed by atoms with Gasteiger partial charge in [0.15, 0.2) is 0 Å². The number of carboxylic acids is 1. The van der Waals surface area contributed by atoms with Crippen molar-refractivity contribution in [1.29, 1.82) is 0 Å². The summed E-state index contributed by atoms with van der Waals surface area (Å²) in [5.41, 5.74) is 0.624. The number of hydrogen-bond donors (Lipinski definition) is 1. The molecule has 0 heterocycles. The quantitative estimate of drug-likeness (QED) is 0.841. The Morgan fingerprint density at radius 2 is 1.65 bits per heavy atom.